The normalized spacial score (nSPS) is 16.8. The number of hydrogen-bond donors (Lipinski definition) is 1. The molecule has 0 saturated heterocycles. The standard InChI is InChI=1S/C15H22N2O3/c1-17(15(18)8-4-5-9-16)10-12-11-19-13-6-2-3-7-14(13)20-12/h2-3,6-7,12H,4-5,8-11,16H2,1H3. The largest absolute Gasteiger partial charge is 0.486 e. The Kier molecular flexibility index (Phi) is 5.24. The number of carbonyl (C=O) groups is 1. The highest BCUT2D eigenvalue weighted by molar-refractivity contribution is 5.75. The van der Waals surface area contributed by atoms with E-state index in [-0.39, 0.29) is 12.0 Å². The Morgan fingerprint density at radius 3 is 2.85 bits per heavy atom. The second-order valence-electron chi connectivity index (χ2n) is 5.02. The first kappa shape index (κ1) is 14.7. The van der Waals surface area contributed by atoms with Gasteiger partial charge in [0.2, 0.25) is 5.91 Å². The van der Waals surface area contributed by atoms with Crippen molar-refractivity contribution in [3.05, 3.63) is 24.3 Å². The minimum atomic E-state index is -0.117. The number of amides is 1. The lowest BCUT2D eigenvalue weighted by molar-refractivity contribution is -0.131. The van der Waals surface area contributed by atoms with E-state index in [1.807, 2.05) is 24.3 Å². The van der Waals surface area contributed by atoms with Crippen LogP contribution in [0.2, 0.25) is 0 Å². The highest BCUT2D eigenvalue weighted by Crippen LogP contribution is 2.30. The number of fused-ring (bicyclic) bond motifs is 1. The van der Waals surface area contributed by atoms with Crippen LogP contribution in [0.5, 0.6) is 11.5 Å². The van der Waals surface area contributed by atoms with E-state index in [4.69, 9.17) is 15.2 Å². The molecule has 5 heteroatoms. The number of benzene rings is 1. The summed E-state index contributed by atoms with van der Waals surface area (Å²) in [5, 5.41) is 0. The van der Waals surface area contributed by atoms with E-state index in [2.05, 4.69) is 0 Å². The number of nitrogens with two attached hydrogens (primary N) is 1. The zero-order chi connectivity index (χ0) is 14.4. The molecule has 1 aliphatic rings. The van der Waals surface area contributed by atoms with Crippen molar-refractivity contribution in [3.8, 4) is 11.5 Å². The maximum atomic E-state index is 11.9. The summed E-state index contributed by atoms with van der Waals surface area (Å²) in [5.41, 5.74) is 5.42. The first-order valence-electron chi connectivity index (χ1n) is 7.03. The molecular weight excluding hydrogens is 256 g/mol. The summed E-state index contributed by atoms with van der Waals surface area (Å²) in [4.78, 5) is 13.6. The number of unbranched alkanes of at least 4 members (excludes halogenated alkanes) is 1. The molecule has 0 aromatic heterocycles. The average molecular weight is 278 g/mol. The molecule has 0 aliphatic carbocycles. The smallest absolute Gasteiger partial charge is 0.222 e. The summed E-state index contributed by atoms with van der Waals surface area (Å²) in [6, 6.07) is 7.58. The Hall–Kier alpha value is -1.75. The number of carbonyl (C=O) groups excluding carboxylic acids is 1. The second kappa shape index (κ2) is 7.14. The predicted octanol–water partition coefficient (Wildman–Crippen LogP) is 1.41. The molecule has 1 amide bonds. The van der Waals surface area contributed by atoms with E-state index in [0.717, 1.165) is 24.3 Å². The van der Waals surface area contributed by atoms with Crippen molar-refractivity contribution in [2.45, 2.75) is 25.4 Å². The van der Waals surface area contributed by atoms with Crippen molar-refractivity contribution >= 4 is 5.91 Å². The summed E-state index contributed by atoms with van der Waals surface area (Å²) in [7, 11) is 1.80. The first-order valence-corrected chi connectivity index (χ1v) is 7.03. The van der Waals surface area contributed by atoms with Crippen LogP contribution in [0.25, 0.3) is 0 Å². The molecular formula is C15H22N2O3. The molecule has 0 radical (unpaired) electrons. The molecule has 1 aromatic rings. The minimum Gasteiger partial charge on any atom is -0.486 e. The van der Waals surface area contributed by atoms with E-state index in [1.54, 1.807) is 11.9 Å². The molecule has 2 rings (SSSR count). The molecule has 1 atom stereocenters. The van der Waals surface area contributed by atoms with Gasteiger partial charge in [-0.25, -0.2) is 0 Å². The molecule has 0 saturated carbocycles. The van der Waals surface area contributed by atoms with E-state index >= 15 is 0 Å². The number of para-hydroxylation sites is 2. The van der Waals surface area contributed by atoms with E-state index in [1.165, 1.54) is 0 Å². The van der Waals surface area contributed by atoms with Gasteiger partial charge in [0.15, 0.2) is 17.6 Å². The number of nitrogens with zero attached hydrogens (tertiary/aromatic N) is 1. The van der Waals surface area contributed by atoms with Gasteiger partial charge in [0.25, 0.3) is 0 Å². The maximum absolute atomic E-state index is 11.9. The molecule has 0 bridgehead atoms. The first-order chi connectivity index (χ1) is 9.70. The Bertz CT molecular complexity index is 450. The third-order valence-corrected chi connectivity index (χ3v) is 3.32. The fourth-order valence-electron chi connectivity index (χ4n) is 2.17. The van der Waals surface area contributed by atoms with Crippen molar-refractivity contribution in [3.63, 3.8) is 0 Å². The van der Waals surface area contributed by atoms with Gasteiger partial charge in [-0.05, 0) is 31.5 Å². The topological polar surface area (TPSA) is 64.8 Å². The molecule has 0 fully saturated rings. The SMILES string of the molecule is CN(CC1COc2ccccc2O1)C(=O)CCCCN. The fraction of sp³-hybridized carbons (Fsp3) is 0.533. The summed E-state index contributed by atoms with van der Waals surface area (Å²) >= 11 is 0. The lowest BCUT2D eigenvalue weighted by Gasteiger charge is -2.29. The Labute approximate surface area is 119 Å². The summed E-state index contributed by atoms with van der Waals surface area (Å²) in [6.07, 6.45) is 2.15. The maximum Gasteiger partial charge on any atom is 0.222 e. The highest BCUT2D eigenvalue weighted by Gasteiger charge is 2.23. The molecule has 0 spiro atoms. The lowest BCUT2D eigenvalue weighted by Crippen LogP contribution is -2.41. The van der Waals surface area contributed by atoms with E-state index in [0.29, 0.717) is 26.1 Å². The fourth-order valence-corrected chi connectivity index (χ4v) is 2.17. The predicted molar refractivity (Wildman–Crippen MR) is 76.9 cm³/mol. The quantitative estimate of drug-likeness (QED) is 0.799. The van der Waals surface area contributed by atoms with Crippen molar-refractivity contribution in [1.82, 2.24) is 4.90 Å². The monoisotopic (exact) mass is 278 g/mol. The van der Waals surface area contributed by atoms with Crippen molar-refractivity contribution in [2.75, 3.05) is 26.7 Å². The summed E-state index contributed by atoms with van der Waals surface area (Å²) < 4.78 is 11.5. The van der Waals surface area contributed by atoms with Crippen LogP contribution in [0.4, 0.5) is 0 Å². The van der Waals surface area contributed by atoms with Gasteiger partial charge < -0.3 is 20.1 Å². The lowest BCUT2D eigenvalue weighted by atomic mass is 10.2. The van der Waals surface area contributed by atoms with Gasteiger partial charge in [-0.2, -0.15) is 0 Å². The van der Waals surface area contributed by atoms with Crippen LogP contribution < -0.4 is 15.2 Å². The zero-order valence-electron chi connectivity index (χ0n) is 11.9. The molecule has 1 heterocycles. The van der Waals surface area contributed by atoms with Crippen LogP contribution in [-0.4, -0.2) is 43.7 Å². The van der Waals surface area contributed by atoms with Gasteiger partial charge in [-0.3, -0.25) is 4.79 Å². The van der Waals surface area contributed by atoms with Crippen molar-refractivity contribution in [1.29, 1.82) is 0 Å². The zero-order valence-corrected chi connectivity index (χ0v) is 11.9. The molecule has 1 aromatic carbocycles. The van der Waals surface area contributed by atoms with Crippen LogP contribution in [-0.2, 0) is 4.79 Å². The molecule has 1 unspecified atom stereocenters. The van der Waals surface area contributed by atoms with Crippen LogP contribution in [0, 0.1) is 0 Å². The van der Waals surface area contributed by atoms with Gasteiger partial charge in [0, 0.05) is 13.5 Å². The van der Waals surface area contributed by atoms with Gasteiger partial charge >= 0.3 is 0 Å². The summed E-state index contributed by atoms with van der Waals surface area (Å²) in [6.45, 7) is 1.64. The van der Waals surface area contributed by atoms with Gasteiger partial charge in [-0.15, -0.1) is 0 Å². The van der Waals surface area contributed by atoms with Gasteiger partial charge in [0.05, 0.1) is 6.54 Å². The Morgan fingerprint density at radius 1 is 1.35 bits per heavy atom. The van der Waals surface area contributed by atoms with Gasteiger partial charge in [0.1, 0.15) is 6.61 Å². The van der Waals surface area contributed by atoms with Gasteiger partial charge in [-0.1, -0.05) is 12.1 Å². The third kappa shape index (κ3) is 3.87. The number of hydrogen-bond acceptors (Lipinski definition) is 4. The van der Waals surface area contributed by atoms with Crippen LogP contribution >= 0.6 is 0 Å². The number of rotatable bonds is 6. The molecule has 1 aliphatic heterocycles. The highest BCUT2D eigenvalue weighted by atomic mass is 16.6. The number of ether oxygens (including phenoxy) is 2. The third-order valence-electron chi connectivity index (χ3n) is 3.32. The van der Waals surface area contributed by atoms with Crippen molar-refractivity contribution in [2.24, 2.45) is 5.73 Å². The molecule has 20 heavy (non-hydrogen) atoms. The van der Waals surface area contributed by atoms with Crippen LogP contribution in [0.15, 0.2) is 24.3 Å². The molecule has 5 nitrogen and oxygen atoms in total. The Morgan fingerprint density at radius 2 is 2.10 bits per heavy atom. The minimum absolute atomic E-state index is 0.117. The molecule has 2 N–H and O–H groups in total. The Balaban J connectivity index is 1.81. The van der Waals surface area contributed by atoms with E-state index in [9.17, 15) is 4.79 Å². The van der Waals surface area contributed by atoms with Crippen molar-refractivity contribution < 1.29 is 14.3 Å². The van der Waals surface area contributed by atoms with E-state index < -0.39 is 0 Å². The molecule has 110 valence electrons. The van der Waals surface area contributed by atoms with Crippen LogP contribution in [0.3, 0.4) is 0 Å². The summed E-state index contributed by atoms with van der Waals surface area (Å²) in [5.74, 6) is 1.63. The second-order valence-corrected chi connectivity index (χ2v) is 5.02. The average Bonchev–Trinajstić information content (AvgIpc) is 2.47. The van der Waals surface area contributed by atoms with Crippen LogP contribution in [0.1, 0.15) is 19.3 Å². The number of likely N-dealkylation sites (N-methyl/N-ethyl adjacent to an activating group) is 1.